The van der Waals surface area contributed by atoms with Crippen LogP contribution in [0.1, 0.15) is 21.1 Å². The summed E-state index contributed by atoms with van der Waals surface area (Å²) in [4.78, 5) is 43.9. The number of aromatic amines is 1. The molecule has 2 heterocycles. The Hall–Kier alpha value is -2.42. The maximum atomic E-state index is 12.3. The first-order valence-corrected chi connectivity index (χ1v) is 9.26. The number of esters is 1. The fraction of sp³-hybridized carbons (Fsp3) is 0.176. The van der Waals surface area contributed by atoms with Crippen LogP contribution in [0.15, 0.2) is 23.0 Å². The third-order valence-electron chi connectivity index (χ3n) is 3.67. The van der Waals surface area contributed by atoms with Crippen LogP contribution in [-0.2, 0) is 9.53 Å². The third kappa shape index (κ3) is 3.97. The van der Waals surface area contributed by atoms with E-state index in [9.17, 15) is 14.4 Å². The van der Waals surface area contributed by atoms with Gasteiger partial charge in [-0.3, -0.25) is 9.59 Å². The van der Waals surface area contributed by atoms with Gasteiger partial charge in [0.05, 0.1) is 21.1 Å². The molecule has 10 heteroatoms. The smallest absolute Gasteiger partial charge is 0.349 e. The van der Waals surface area contributed by atoms with E-state index in [0.29, 0.717) is 21.6 Å². The molecular weight excluding hydrogens is 413 g/mol. The number of carbonyl (C=O) groups excluding carboxylic acids is 2. The number of fused-ring (bicyclic) bond motifs is 1. The summed E-state index contributed by atoms with van der Waals surface area (Å²) < 4.78 is 5.06. The highest BCUT2D eigenvalue weighted by Crippen LogP contribution is 2.30. The van der Waals surface area contributed by atoms with Crippen molar-refractivity contribution in [1.82, 2.24) is 9.97 Å². The van der Waals surface area contributed by atoms with Crippen LogP contribution in [-0.4, -0.2) is 28.5 Å². The van der Waals surface area contributed by atoms with E-state index in [1.807, 2.05) is 0 Å². The minimum Gasteiger partial charge on any atom is -0.451 e. The van der Waals surface area contributed by atoms with Crippen LogP contribution in [0, 0.1) is 13.8 Å². The quantitative estimate of drug-likeness (QED) is 0.620. The van der Waals surface area contributed by atoms with Gasteiger partial charge in [0.2, 0.25) is 0 Å². The Bertz CT molecular complexity index is 1100. The van der Waals surface area contributed by atoms with Crippen molar-refractivity contribution in [2.24, 2.45) is 0 Å². The summed E-state index contributed by atoms with van der Waals surface area (Å²) in [5, 5.41) is 3.37. The fourth-order valence-corrected chi connectivity index (χ4v) is 4.05. The van der Waals surface area contributed by atoms with Gasteiger partial charge in [-0.1, -0.05) is 29.3 Å². The molecule has 0 saturated heterocycles. The summed E-state index contributed by atoms with van der Waals surface area (Å²) in [6.07, 6.45) is 0. The first kappa shape index (κ1) is 19.3. The number of benzene rings is 1. The molecule has 3 aromatic rings. The first-order valence-electron chi connectivity index (χ1n) is 7.69. The van der Waals surface area contributed by atoms with Crippen LogP contribution in [0.25, 0.3) is 10.2 Å². The third-order valence-corrected chi connectivity index (χ3v) is 5.46. The highest BCUT2D eigenvalue weighted by Gasteiger charge is 2.21. The zero-order valence-electron chi connectivity index (χ0n) is 14.2. The van der Waals surface area contributed by atoms with Crippen LogP contribution in [0.4, 0.5) is 5.69 Å². The van der Waals surface area contributed by atoms with Crippen molar-refractivity contribution < 1.29 is 14.3 Å². The molecule has 3 rings (SSSR count). The van der Waals surface area contributed by atoms with Crippen molar-refractivity contribution in [2.45, 2.75) is 13.8 Å². The molecule has 0 saturated carbocycles. The van der Waals surface area contributed by atoms with Crippen molar-refractivity contribution in [3.05, 3.63) is 54.9 Å². The topological polar surface area (TPSA) is 101 Å². The zero-order chi connectivity index (χ0) is 19.7. The molecule has 0 radical (unpaired) electrons. The molecule has 0 aliphatic heterocycles. The standard InChI is InChI=1S/C17H13Cl2N3O4S/c1-7-12-15(24)20-8(2)21-16(12)27-14(7)17(25)26-6-11(23)22-13-9(18)4-3-5-10(13)19/h3-5H,6H2,1-2H3,(H,22,23)(H,20,21,24). The molecule has 7 nitrogen and oxygen atoms in total. The number of aromatic nitrogens is 2. The molecule has 0 unspecified atom stereocenters. The number of thiophene rings is 1. The second-order valence-electron chi connectivity index (χ2n) is 5.61. The number of nitrogens with one attached hydrogen (secondary N) is 2. The molecule has 0 atom stereocenters. The highest BCUT2D eigenvalue weighted by molar-refractivity contribution is 7.20. The largest absolute Gasteiger partial charge is 0.451 e. The maximum absolute atomic E-state index is 12.3. The van der Waals surface area contributed by atoms with Gasteiger partial charge in [-0.25, -0.2) is 9.78 Å². The summed E-state index contributed by atoms with van der Waals surface area (Å²) in [5.74, 6) is -0.860. The van der Waals surface area contributed by atoms with Gasteiger partial charge in [-0.15, -0.1) is 11.3 Å². The molecule has 1 aromatic carbocycles. The molecule has 2 N–H and O–H groups in total. The van der Waals surface area contributed by atoms with Gasteiger partial charge in [-0.2, -0.15) is 0 Å². The first-order chi connectivity index (χ1) is 12.8. The number of H-pyrrole nitrogens is 1. The van der Waals surface area contributed by atoms with Crippen molar-refractivity contribution in [1.29, 1.82) is 0 Å². The van der Waals surface area contributed by atoms with Crippen LogP contribution in [0.2, 0.25) is 10.0 Å². The Morgan fingerprint density at radius 3 is 2.59 bits per heavy atom. The molecule has 2 aromatic heterocycles. The summed E-state index contributed by atoms with van der Waals surface area (Å²) in [5.41, 5.74) is 0.380. The SMILES string of the molecule is Cc1nc2sc(C(=O)OCC(=O)Nc3c(Cl)cccc3Cl)c(C)c2c(=O)[nH]1. The van der Waals surface area contributed by atoms with Crippen LogP contribution in [0.5, 0.6) is 0 Å². The lowest BCUT2D eigenvalue weighted by Crippen LogP contribution is -2.21. The minimum atomic E-state index is -0.715. The number of para-hydroxylation sites is 1. The van der Waals surface area contributed by atoms with E-state index in [1.165, 1.54) is 0 Å². The van der Waals surface area contributed by atoms with E-state index in [1.54, 1.807) is 32.0 Å². The van der Waals surface area contributed by atoms with E-state index in [2.05, 4.69) is 15.3 Å². The Morgan fingerprint density at radius 1 is 1.26 bits per heavy atom. The van der Waals surface area contributed by atoms with Crippen molar-refractivity contribution in [2.75, 3.05) is 11.9 Å². The number of ether oxygens (including phenoxy) is 1. The van der Waals surface area contributed by atoms with Gasteiger partial charge < -0.3 is 15.0 Å². The number of nitrogens with zero attached hydrogens (tertiary/aromatic N) is 1. The molecule has 0 bridgehead atoms. The van der Waals surface area contributed by atoms with Crippen molar-refractivity contribution in [3.63, 3.8) is 0 Å². The number of halogens is 2. The normalized spacial score (nSPS) is 10.8. The van der Waals surface area contributed by atoms with Gasteiger partial charge in [-0.05, 0) is 31.5 Å². The van der Waals surface area contributed by atoms with Gasteiger partial charge in [0.25, 0.3) is 11.5 Å². The Balaban J connectivity index is 1.74. The summed E-state index contributed by atoms with van der Waals surface area (Å²) >= 11 is 13.0. The van der Waals surface area contributed by atoms with Crippen molar-refractivity contribution in [3.8, 4) is 0 Å². The predicted octanol–water partition coefficient (Wildman–Crippen LogP) is 3.70. The van der Waals surface area contributed by atoms with Gasteiger partial charge in [0.15, 0.2) is 6.61 Å². The van der Waals surface area contributed by atoms with E-state index in [0.717, 1.165) is 11.3 Å². The molecule has 0 aliphatic rings. The lowest BCUT2D eigenvalue weighted by atomic mass is 10.2. The second-order valence-corrected chi connectivity index (χ2v) is 7.42. The van der Waals surface area contributed by atoms with E-state index in [4.69, 9.17) is 27.9 Å². The summed E-state index contributed by atoms with van der Waals surface area (Å²) in [6.45, 7) is 2.75. The lowest BCUT2D eigenvalue weighted by Gasteiger charge is -2.09. The number of hydrogen-bond donors (Lipinski definition) is 2. The van der Waals surface area contributed by atoms with Crippen molar-refractivity contribution >= 4 is 62.3 Å². The number of carbonyl (C=O) groups is 2. The Labute approximate surface area is 167 Å². The average Bonchev–Trinajstić information content (AvgIpc) is 2.93. The monoisotopic (exact) mass is 425 g/mol. The molecule has 140 valence electrons. The lowest BCUT2D eigenvalue weighted by molar-refractivity contribution is -0.119. The zero-order valence-corrected chi connectivity index (χ0v) is 16.5. The van der Waals surface area contributed by atoms with Crippen LogP contribution < -0.4 is 10.9 Å². The van der Waals surface area contributed by atoms with Gasteiger partial charge >= 0.3 is 5.97 Å². The Morgan fingerprint density at radius 2 is 1.93 bits per heavy atom. The second kappa shape index (κ2) is 7.67. The number of hydrogen-bond acceptors (Lipinski definition) is 6. The molecule has 1 amide bonds. The van der Waals surface area contributed by atoms with Gasteiger partial charge in [0, 0.05) is 0 Å². The summed E-state index contributed by atoms with van der Waals surface area (Å²) in [6, 6.07) is 4.78. The number of rotatable bonds is 4. The van der Waals surface area contributed by atoms with E-state index >= 15 is 0 Å². The Kier molecular flexibility index (Phi) is 5.50. The summed E-state index contributed by atoms with van der Waals surface area (Å²) in [7, 11) is 0. The molecule has 0 spiro atoms. The van der Waals surface area contributed by atoms with Crippen LogP contribution in [0.3, 0.4) is 0 Å². The average molecular weight is 426 g/mol. The highest BCUT2D eigenvalue weighted by atomic mass is 35.5. The minimum absolute atomic E-state index is 0.220. The van der Waals surface area contributed by atoms with Crippen LogP contribution >= 0.6 is 34.5 Å². The molecule has 0 aliphatic carbocycles. The number of anilines is 1. The number of aryl methyl sites for hydroxylation is 2. The van der Waals surface area contributed by atoms with Gasteiger partial charge in [0.1, 0.15) is 15.5 Å². The molecule has 27 heavy (non-hydrogen) atoms. The predicted molar refractivity (Wildman–Crippen MR) is 105 cm³/mol. The fourth-order valence-electron chi connectivity index (χ4n) is 2.44. The van der Waals surface area contributed by atoms with E-state index < -0.39 is 18.5 Å². The maximum Gasteiger partial charge on any atom is 0.349 e. The molecule has 0 fully saturated rings. The van der Waals surface area contributed by atoms with E-state index in [-0.39, 0.29) is 26.2 Å². The number of amides is 1. The molecular formula is C17H13Cl2N3O4S.